The van der Waals surface area contributed by atoms with Crippen molar-refractivity contribution in [2.24, 2.45) is 0 Å². The average molecular weight is 526 g/mol. The Hall–Kier alpha value is -4.44. The highest BCUT2D eigenvalue weighted by Gasteiger charge is 2.34. The molecule has 0 atom stereocenters. The number of sulfonamides is 1. The molecule has 37 heavy (non-hydrogen) atoms. The number of fused-ring (bicyclic) bond motifs is 2. The second kappa shape index (κ2) is 8.90. The number of hydrogen-bond donors (Lipinski definition) is 3. The number of benzene rings is 5. The molecular formula is C27H18F3NO5S. The number of halogens is 3. The minimum atomic E-state index is -5.10. The lowest BCUT2D eigenvalue weighted by Crippen LogP contribution is -2.21. The first-order chi connectivity index (χ1) is 17.5. The van der Waals surface area contributed by atoms with Crippen molar-refractivity contribution in [1.29, 1.82) is 0 Å². The predicted octanol–water partition coefficient (Wildman–Crippen LogP) is 6.77. The lowest BCUT2D eigenvalue weighted by Gasteiger charge is -2.18. The molecule has 0 saturated heterocycles. The standard InChI is InChI=1S/C27H18F3NO5S/c28-27(29,30)36-23-11-5-6-12-24(23)37(34,35)31-21-15-20(26(33)19-10-4-3-9-18(19)21)25-17-8-2-1-7-16(17)13-14-22(25)32/h1-15,31-33H. The summed E-state index contributed by atoms with van der Waals surface area (Å²) in [6, 6.07) is 22.4. The van der Waals surface area contributed by atoms with Gasteiger partial charge in [0.1, 0.15) is 22.1 Å². The Morgan fingerprint density at radius 1 is 0.757 bits per heavy atom. The van der Waals surface area contributed by atoms with E-state index in [-0.39, 0.29) is 33.7 Å². The summed E-state index contributed by atoms with van der Waals surface area (Å²) in [5.41, 5.74) is 0.380. The van der Waals surface area contributed by atoms with Crippen LogP contribution in [0, 0.1) is 0 Å². The number of hydrogen-bond acceptors (Lipinski definition) is 5. The van der Waals surface area contributed by atoms with Crippen LogP contribution < -0.4 is 9.46 Å². The number of ether oxygens (including phenoxy) is 1. The van der Waals surface area contributed by atoms with Gasteiger partial charge in [-0.25, -0.2) is 8.42 Å². The van der Waals surface area contributed by atoms with Gasteiger partial charge in [0.25, 0.3) is 10.0 Å². The lowest BCUT2D eigenvalue weighted by atomic mass is 9.93. The highest BCUT2D eigenvalue weighted by Crippen LogP contribution is 2.46. The van der Waals surface area contributed by atoms with E-state index in [4.69, 9.17) is 0 Å². The van der Waals surface area contributed by atoms with Gasteiger partial charge < -0.3 is 14.9 Å². The Morgan fingerprint density at radius 3 is 2.11 bits per heavy atom. The summed E-state index contributed by atoms with van der Waals surface area (Å²) in [6.07, 6.45) is -5.10. The van der Waals surface area contributed by atoms with Crippen LogP contribution in [-0.2, 0) is 10.0 Å². The molecule has 5 rings (SSSR count). The van der Waals surface area contributed by atoms with Crippen LogP contribution in [0.4, 0.5) is 18.9 Å². The molecule has 5 aromatic rings. The second-order valence-corrected chi connectivity index (χ2v) is 9.80. The Balaban J connectivity index is 1.72. The van der Waals surface area contributed by atoms with Crippen LogP contribution in [-0.4, -0.2) is 25.0 Å². The maximum Gasteiger partial charge on any atom is 0.573 e. The Morgan fingerprint density at radius 2 is 1.38 bits per heavy atom. The molecule has 0 aromatic heterocycles. The molecule has 0 aliphatic carbocycles. The molecule has 5 aromatic carbocycles. The van der Waals surface area contributed by atoms with E-state index in [9.17, 15) is 31.8 Å². The molecule has 0 heterocycles. The molecule has 0 saturated carbocycles. The summed E-state index contributed by atoms with van der Waals surface area (Å²) in [6.45, 7) is 0. The van der Waals surface area contributed by atoms with Gasteiger partial charge in [0.15, 0.2) is 0 Å². The zero-order valence-electron chi connectivity index (χ0n) is 18.8. The molecule has 0 unspecified atom stereocenters. The van der Waals surface area contributed by atoms with Crippen LogP contribution in [0.3, 0.4) is 0 Å². The number of nitrogens with one attached hydrogen (secondary N) is 1. The number of phenolic OH excluding ortho intramolecular Hbond substituents is 2. The summed E-state index contributed by atoms with van der Waals surface area (Å²) in [4.78, 5) is -0.723. The van der Waals surface area contributed by atoms with Crippen molar-refractivity contribution < 1.29 is 36.5 Å². The van der Waals surface area contributed by atoms with Crippen LogP contribution >= 0.6 is 0 Å². The summed E-state index contributed by atoms with van der Waals surface area (Å²) in [7, 11) is -4.59. The van der Waals surface area contributed by atoms with E-state index < -0.39 is 27.0 Å². The monoisotopic (exact) mass is 525 g/mol. The van der Waals surface area contributed by atoms with Crippen LogP contribution in [0.5, 0.6) is 17.2 Å². The van der Waals surface area contributed by atoms with Gasteiger partial charge in [0.2, 0.25) is 0 Å². The third kappa shape index (κ3) is 4.58. The normalized spacial score (nSPS) is 12.1. The van der Waals surface area contributed by atoms with Gasteiger partial charge in [-0.1, -0.05) is 66.7 Å². The molecule has 0 aliphatic rings. The number of alkyl halides is 3. The van der Waals surface area contributed by atoms with E-state index in [0.29, 0.717) is 10.8 Å². The highest BCUT2D eigenvalue weighted by molar-refractivity contribution is 7.92. The molecule has 0 aliphatic heterocycles. The van der Waals surface area contributed by atoms with E-state index >= 15 is 0 Å². The smallest absolute Gasteiger partial charge is 0.507 e. The maximum absolute atomic E-state index is 13.3. The fraction of sp³-hybridized carbons (Fsp3) is 0.0370. The lowest BCUT2D eigenvalue weighted by molar-refractivity contribution is -0.275. The quantitative estimate of drug-likeness (QED) is 0.220. The molecule has 0 radical (unpaired) electrons. The molecule has 6 nitrogen and oxygen atoms in total. The number of anilines is 1. The Bertz CT molecular complexity index is 1770. The third-order valence-electron chi connectivity index (χ3n) is 5.80. The van der Waals surface area contributed by atoms with Crippen LogP contribution in [0.2, 0.25) is 0 Å². The molecule has 0 fully saturated rings. The highest BCUT2D eigenvalue weighted by atomic mass is 32.2. The minimum absolute atomic E-state index is 0.0162. The van der Waals surface area contributed by atoms with Gasteiger partial charge in [0, 0.05) is 21.9 Å². The van der Waals surface area contributed by atoms with Crippen molar-refractivity contribution in [2.45, 2.75) is 11.3 Å². The Labute approximate surface area is 209 Å². The van der Waals surface area contributed by atoms with Crippen molar-refractivity contribution in [3.8, 4) is 28.4 Å². The van der Waals surface area contributed by atoms with Gasteiger partial charge in [-0.3, -0.25) is 4.72 Å². The minimum Gasteiger partial charge on any atom is -0.507 e. The molecule has 188 valence electrons. The van der Waals surface area contributed by atoms with Crippen LogP contribution in [0.1, 0.15) is 0 Å². The summed E-state index contributed by atoms with van der Waals surface area (Å²) in [5.74, 6) is -1.24. The average Bonchev–Trinajstić information content (AvgIpc) is 2.85. The largest absolute Gasteiger partial charge is 0.573 e. The van der Waals surface area contributed by atoms with E-state index in [2.05, 4.69) is 9.46 Å². The fourth-order valence-electron chi connectivity index (χ4n) is 4.26. The number of rotatable bonds is 5. The molecule has 0 spiro atoms. The summed E-state index contributed by atoms with van der Waals surface area (Å²) < 4.78 is 71.6. The molecule has 10 heteroatoms. The van der Waals surface area contributed by atoms with Crippen LogP contribution in [0.25, 0.3) is 32.7 Å². The van der Waals surface area contributed by atoms with E-state index in [1.165, 1.54) is 24.3 Å². The Kier molecular flexibility index (Phi) is 5.83. The first-order valence-corrected chi connectivity index (χ1v) is 12.4. The topological polar surface area (TPSA) is 95.9 Å². The van der Waals surface area contributed by atoms with Crippen molar-refractivity contribution in [1.82, 2.24) is 0 Å². The second-order valence-electron chi connectivity index (χ2n) is 8.15. The molecule has 3 N–H and O–H groups in total. The zero-order valence-corrected chi connectivity index (χ0v) is 19.6. The number of para-hydroxylation sites is 1. The van der Waals surface area contributed by atoms with Crippen molar-refractivity contribution in [3.05, 3.63) is 91.0 Å². The molecule has 0 amide bonds. The van der Waals surface area contributed by atoms with Crippen molar-refractivity contribution >= 4 is 37.3 Å². The third-order valence-corrected chi connectivity index (χ3v) is 7.21. The first kappa shape index (κ1) is 24.3. The van der Waals surface area contributed by atoms with Gasteiger partial charge in [-0.2, -0.15) is 0 Å². The van der Waals surface area contributed by atoms with Gasteiger partial charge in [-0.15, -0.1) is 13.2 Å². The van der Waals surface area contributed by atoms with Gasteiger partial charge in [-0.05, 0) is 35.0 Å². The SMILES string of the molecule is O=S(=O)(Nc1cc(-c2c(O)ccc3ccccc23)c(O)c2ccccc12)c1ccccc1OC(F)(F)F. The number of phenols is 2. The maximum atomic E-state index is 13.3. The van der Waals surface area contributed by atoms with Crippen molar-refractivity contribution in [2.75, 3.05) is 4.72 Å². The van der Waals surface area contributed by atoms with Crippen molar-refractivity contribution in [3.63, 3.8) is 0 Å². The van der Waals surface area contributed by atoms with Gasteiger partial charge in [0.05, 0.1) is 5.69 Å². The summed E-state index contributed by atoms with van der Waals surface area (Å²) in [5, 5.41) is 23.8. The summed E-state index contributed by atoms with van der Waals surface area (Å²) >= 11 is 0. The van der Waals surface area contributed by atoms with E-state index in [1.807, 2.05) is 12.1 Å². The molecule has 0 bridgehead atoms. The van der Waals surface area contributed by atoms with E-state index in [0.717, 1.165) is 17.5 Å². The predicted molar refractivity (Wildman–Crippen MR) is 134 cm³/mol. The molecular weight excluding hydrogens is 507 g/mol. The zero-order chi connectivity index (χ0) is 26.4. The van der Waals surface area contributed by atoms with E-state index in [1.54, 1.807) is 42.5 Å². The fourth-order valence-corrected chi connectivity index (χ4v) is 5.46. The first-order valence-electron chi connectivity index (χ1n) is 10.9. The number of aromatic hydroxyl groups is 2. The van der Waals surface area contributed by atoms with Crippen LogP contribution in [0.15, 0.2) is 95.9 Å². The van der Waals surface area contributed by atoms with Gasteiger partial charge >= 0.3 is 6.36 Å².